The van der Waals surface area contributed by atoms with E-state index in [0.29, 0.717) is 35.6 Å². The molecule has 0 unspecified atom stereocenters. The maximum Gasteiger partial charge on any atom is 0.277 e. The SMILES string of the molecule is CC.CCCc1nn(C)c2c(=O)[nH]c(-c3cc(SN4CCN(C(=O)CCN(C)C)CC4)ccc3OCC)nc12. The summed E-state index contributed by atoms with van der Waals surface area (Å²) in [5, 5.41) is 4.53. The molecule has 3 heterocycles. The van der Waals surface area contributed by atoms with E-state index in [2.05, 4.69) is 21.3 Å². The molecule has 0 spiro atoms. The van der Waals surface area contributed by atoms with Crippen LogP contribution >= 0.6 is 11.9 Å². The van der Waals surface area contributed by atoms with Crippen LogP contribution in [0, 0.1) is 0 Å². The molecule has 1 fully saturated rings. The summed E-state index contributed by atoms with van der Waals surface area (Å²) in [4.78, 5) is 38.3. The van der Waals surface area contributed by atoms with Gasteiger partial charge in [-0.15, -0.1) is 0 Å². The van der Waals surface area contributed by atoms with Gasteiger partial charge in [-0.05, 0) is 57.6 Å². The van der Waals surface area contributed by atoms with Gasteiger partial charge in [-0.1, -0.05) is 27.2 Å². The second-order valence-electron chi connectivity index (χ2n) is 9.48. The van der Waals surface area contributed by atoms with Crippen molar-refractivity contribution < 1.29 is 9.53 Å². The number of carbonyl (C=O) groups is 1. The van der Waals surface area contributed by atoms with E-state index in [4.69, 9.17) is 9.72 Å². The van der Waals surface area contributed by atoms with E-state index in [-0.39, 0.29) is 11.5 Å². The molecule has 2 aromatic heterocycles. The highest BCUT2D eigenvalue weighted by Crippen LogP contribution is 2.34. The van der Waals surface area contributed by atoms with Crippen LogP contribution in [-0.2, 0) is 18.3 Å². The number of aromatic amines is 1. The van der Waals surface area contributed by atoms with Crippen LogP contribution < -0.4 is 10.3 Å². The van der Waals surface area contributed by atoms with Crippen molar-refractivity contribution in [1.29, 1.82) is 0 Å². The maximum atomic E-state index is 13.0. The monoisotopic (exact) mass is 557 g/mol. The fourth-order valence-corrected chi connectivity index (χ4v) is 5.41. The van der Waals surface area contributed by atoms with E-state index in [0.717, 1.165) is 61.7 Å². The molecule has 3 aromatic rings. The number of piperazine rings is 1. The van der Waals surface area contributed by atoms with E-state index < -0.39 is 0 Å². The minimum atomic E-state index is -0.215. The van der Waals surface area contributed by atoms with E-state index in [9.17, 15) is 9.59 Å². The van der Waals surface area contributed by atoms with Gasteiger partial charge < -0.3 is 19.5 Å². The van der Waals surface area contributed by atoms with Crippen molar-refractivity contribution in [2.45, 2.75) is 51.9 Å². The number of hydrogen-bond donors (Lipinski definition) is 1. The predicted octanol–water partition coefficient (Wildman–Crippen LogP) is 3.80. The summed E-state index contributed by atoms with van der Waals surface area (Å²) in [6.45, 7) is 12.3. The lowest BCUT2D eigenvalue weighted by Crippen LogP contribution is -2.46. The second kappa shape index (κ2) is 14.5. The van der Waals surface area contributed by atoms with Crippen molar-refractivity contribution in [3.63, 3.8) is 0 Å². The highest BCUT2D eigenvalue weighted by Gasteiger charge is 2.23. The first kappa shape index (κ1) is 30.6. The molecular formula is C28H43N7O3S. The number of benzene rings is 1. The van der Waals surface area contributed by atoms with Crippen LogP contribution in [0.1, 0.15) is 46.2 Å². The van der Waals surface area contributed by atoms with Gasteiger partial charge in [0.15, 0.2) is 5.52 Å². The molecule has 39 heavy (non-hydrogen) atoms. The molecule has 0 saturated carbocycles. The van der Waals surface area contributed by atoms with E-state index >= 15 is 0 Å². The molecule has 0 bridgehead atoms. The van der Waals surface area contributed by atoms with Gasteiger partial charge in [0, 0.05) is 51.1 Å². The molecule has 1 N–H and O–H groups in total. The maximum absolute atomic E-state index is 13.0. The number of nitrogens with zero attached hydrogens (tertiary/aromatic N) is 6. The number of carbonyl (C=O) groups excluding carboxylic acids is 1. The Labute approximate surface area is 235 Å². The van der Waals surface area contributed by atoms with Crippen LogP contribution in [0.3, 0.4) is 0 Å². The van der Waals surface area contributed by atoms with Gasteiger partial charge in [0.2, 0.25) is 5.91 Å². The molecular weight excluding hydrogens is 514 g/mol. The Balaban J connectivity index is 0.00000205. The number of nitrogens with one attached hydrogen (secondary N) is 1. The third kappa shape index (κ3) is 7.61. The summed E-state index contributed by atoms with van der Waals surface area (Å²) < 4.78 is 9.78. The average Bonchev–Trinajstić information content (AvgIpc) is 3.25. The van der Waals surface area contributed by atoms with Crippen LogP contribution in [0.25, 0.3) is 22.4 Å². The summed E-state index contributed by atoms with van der Waals surface area (Å²) in [7, 11) is 5.74. The average molecular weight is 558 g/mol. The summed E-state index contributed by atoms with van der Waals surface area (Å²) in [5.74, 6) is 1.36. The molecule has 1 amide bonds. The molecule has 1 aliphatic rings. The van der Waals surface area contributed by atoms with Crippen LogP contribution in [0.15, 0.2) is 27.9 Å². The Bertz CT molecular complexity index is 1300. The minimum Gasteiger partial charge on any atom is -0.493 e. The minimum absolute atomic E-state index is 0.213. The van der Waals surface area contributed by atoms with Crippen molar-refractivity contribution in [2.75, 3.05) is 53.4 Å². The summed E-state index contributed by atoms with van der Waals surface area (Å²) in [6, 6.07) is 5.98. The summed E-state index contributed by atoms with van der Waals surface area (Å²) in [6.07, 6.45) is 2.22. The van der Waals surface area contributed by atoms with Gasteiger partial charge in [0.1, 0.15) is 17.1 Å². The number of rotatable bonds is 10. The third-order valence-electron chi connectivity index (χ3n) is 6.35. The quantitative estimate of drug-likeness (QED) is 0.376. The highest BCUT2D eigenvalue weighted by atomic mass is 32.2. The van der Waals surface area contributed by atoms with Gasteiger partial charge in [-0.2, -0.15) is 5.10 Å². The van der Waals surface area contributed by atoms with E-state index in [1.54, 1.807) is 23.7 Å². The number of fused-ring (bicyclic) bond motifs is 1. The third-order valence-corrected chi connectivity index (χ3v) is 7.44. The molecule has 214 valence electrons. The van der Waals surface area contributed by atoms with Gasteiger partial charge in [0.05, 0.1) is 17.9 Å². The van der Waals surface area contributed by atoms with E-state index in [1.165, 1.54) is 0 Å². The zero-order valence-corrected chi connectivity index (χ0v) is 25.2. The summed E-state index contributed by atoms with van der Waals surface area (Å²) in [5.41, 5.74) is 2.48. The molecule has 11 heteroatoms. The predicted molar refractivity (Wildman–Crippen MR) is 158 cm³/mol. The molecule has 10 nitrogen and oxygen atoms in total. The zero-order chi connectivity index (χ0) is 28.5. The standard InChI is InChI=1S/C26H37N7O3S.C2H6/c1-6-8-20-23-24(31(5)29-20)26(35)28-25(27-23)19-17-18(9-10-21(19)36-7-2)37-33-15-13-32(14-16-33)22(34)11-12-30(3)4;1-2/h9-10,17H,6-8,11-16H2,1-5H3,(H,27,28,35);1-2H3. The van der Waals surface area contributed by atoms with Crippen molar-refractivity contribution in [2.24, 2.45) is 7.05 Å². The number of H-pyrrole nitrogens is 1. The van der Waals surface area contributed by atoms with Gasteiger partial charge >= 0.3 is 0 Å². The van der Waals surface area contributed by atoms with E-state index in [1.807, 2.05) is 62.9 Å². The van der Waals surface area contributed by atoms with Crippen LogP contribution in [-0.4, -0.2) is 93.2 Å². The van der Waals surface area contributed by atoms with Crippen molar-refractivity contribution >= 4 is 28.9 Å². The van der Waals surface area contributed by atoms with Gasteiger partial charge in [-0.3, -0.25) is 14.3 Å². The lowest BCUT2D eigenvalue weighted by molar-refractivity contribution is -0.132. The Hall–Kier alpha value is -2.89. The fourth-order valence-electron chi connectivity index (χ4n) is 4.47. The first-order valence-corrected chi connectivity index (χ1v) is 14.7. The molecule has 0 radical (unpaired) electrons. The number of aryl methyl sites for hydroxylation is 2. The Morgan fingerprint density at radius 1 is 1.15 bits per heavy atom. The first-order chi connectivity index (χ1) is 18.8. The van der Waals surface area contributed by atoms with Crippen molar-refractivity contribution in [1.82, 2.24) is 33.9 Å². The molecule has 1 aliphatic heterocycles. The van der Waals surface area contributed by atoms with Crippen LogP contribution in [0.2, 0.25) is 0 Å². The molecule has 0 aliphatic carbocycles. The number of hydrogen-bond acceptors (Lipinski definition) is 8. The zero-order valence-electron chi connectivity index (χ0n) is 24.4. The Morgan fingerprint density at radius 2 is 1.87 bits per heavy atom. The molecule has 4 rings (SSSR count). The largest absolute Gasteiger partial charge is 0.493 e. The Morgan fingerprint density at radius 3 is 2.51 bits per heavy atom. The normalized spacial score (nSPS) is 14.0. The first-order valence-electron chi connectivity index (χ1n) is 13.9. The van der Waals surface area contributed by atoms with Crippen LogP contribution in [0.5, 0.6) is 5.75 Å². The number of aromatic nitrogens is 4. The topological polar surface area (TPSA) is 99.6 Å². The number of ether oxygens (including phenoxy) is 1. The highest BCUT2D eigenvalue weighted by molar-refractivity contribution is 7.97. The lowest BCUT2D eigenvalue weighted by Gasteiger charge is -2.34. The van der Waals surface area contributed by atoms with Gasteiger partial charge in [-0.25, -0.2) is 9.29 Å². The molecule has 1 saturated heterocycles. The number of amides is 1. The van der Waals surface area contributed by atoms with Crippen molar-refractivity contribution in [3.05, 3.63) is 34.2 Å². The smallest absolute Gasteiger partial charge is 0.277 e. The second-order valence-corrected chi connectivity index (χ2v) is 10.6. The van der Waals surface area contributed by atoms with Crippen molar-refractivity contribution in [3.8, 4) is 17.1 Å². The fraction of sp³-hybridized carbons (Fsp3) is 0.571. The van der Waals surface area contributed by atoms with Crippen LogP contribution in [0.4, 0.5) is 0 Å². The molecule has 0 atom stereocenters. The summed E-state index contributed by atoms with van der Waals surface area (Å²) >= 11 is 1.65. The molecule has 1 aromatic carbocycles. The lowest BCUT2D eigenvalue weighted by atomic mass is 10.1. The van der Waals surface area contributed by atoms with Gasteiger partial charge in [0.25, 0.3) is 5.56 Å². The Kier molecular flexibility index (Phi) is 11.4.